The van der Waals surface area contributed by atoms with E-state index in [1.54, 1.807) is 0 Å². The lowest BCUT2D eigenvalue weighted by atomic mass is 10.2. The number of carbonyl (C=O) groups is 2. The summed E-state index contributed by atoms with van der Waals surface area (Å²) < 4.78 is 10.3. The molecular weight excluding hydrogens is 387 g/mol. The van der Waals surface area contributed by atoms with E-state index in [2.05, 4.69) is 6.92 Å². The van der Waals surface area contributed by atoms with Crippen LogP contribution >= 0.6 is 34.8 Å². The van der Waals surface area contributed by atoms with Crippen molar-refractivity contribution in [1.29, 1.82) is 0 Å². The first-order chi connectivity index (χ1) is 11.9. The highest BCUT2D eigenvalue weighted by molar-refractivity contribution is 6.43. The van der Waals surface area contributed by atoms with Gasteiger partial charge < -0.3 is 9.47 Å². The van der Waals surface area contributed by atoms with Gasteiger partial charge in [0.15, 0.2) is 5.75 Å². The van der Waals surface area contributed by atoms with E-state index >= 15 is 0 Å². The molecule has 0 saturated carbocycles. The molecule has 0 saturated heterocycles. The summed E-state index contributed by atoms with van der Waals surface area (Å²) in [7, 11) is 0. The first-order valence-corrected chi connectivity index (χ1v) is 9.58. The number of unbranched alkanes of at least 4 members (excludes halogenated alkanes) is 4. The van der Waals surface area contributed by atoms with Crippen LogP contribution in [0.1, 0.15) is 58.3 Å². The highest BCUT2D eigenvalue weighted by Gasteiger charge is 2.12. The molecule has 0 heterocycles. The Balaban J connectivity index is 2.20. The third-order valence-electron chi connectivity index (χ3n) is 3.47. The summed E-state index contributed by atoms with van der Waals surface area (Å²) >= 11 is 17.6. The van der Waals surface area contributed by atoms with Crippen molar-refractivity contribution in [2.75, 3.05) is 6.61 Å². The minimum Gasteiger partial charge on any atom is -0.466 e. The van der Waals surface area contributed by atoms with E-state index in [0.29, 0.717) is 13.0 Å². The summed E-state index contributed by atoms with van der Waals surface area (Å²) in [5, 5.41) is 0.727. The fraction of sp³-hybridized carbons (Fsp3) is 0.556. The zero-order valence-electron chi connectivity index (χ0n) is 14.3. The molecule has 0 N–H and O–H groups in total. The quantitative estimate of drug-likeness (QED) is 0.188. The maximum absolute atomic E-state index is 11.8. The van der Waals surface area contributed by atoms with Gasteiger partial charge >= 0.3 is 11.9 Å². The Hall–Kier alpha value is -0.970. The summed E-state index contributed by atoms with van der Waals surface area (Å²) in [5.41, 5.74) is 0. The highest BCUT2D eigenvalue weighted by Crippen LogP contribution is 2.34. The second-order valence-corrected chi connectivity index (χ2v) is 6.88. The van der Waals surface area contributed by atoms with Crippen molar-refractivity contribution in [3.05, 3.63) is 27.2 Å². The van der Waals surface area contributed by atoms with Gasteiger partial charge in [0, 0.05) is 18.9 Å². The molecule has 4 nitrogen and oxygen atoms in total. The maximum atomic E-state index is 11.8. The monoisotopic (exact) mass is 408 g/mol. The normalized spacial score (nSPS) is 10.6. The smallest absolute Gasteiger partial charge is 0.311 e. The van der Waals surface area contributed by atoms with Gasteiger partial charge in [-0.1, -0.05) is 67.4 Å². The Morgan fingerprint density at radius 2 is 1.48 bits per heavy atom. The van der Waals surface area contributed by atoms with Gasteiger partial charge in [0.05, 0.1) is 21.7 Å². The van der Waals surface area contributed by atoms with Gasteiger partial charge in [0.25, 0.3) is 0 Å². The van der Waals surface area contributed by atoms with Gasteiger partial charge in [-0.2, -0.15) is 0 Å². The predicted octanol–water partition coefficient (Wildman–Crippen LogP) is 6.24. The molecule has 0 atom stereocenters. The molecule has 25 heavy (non-hydrogen) atoms. The standard InChI is InChI=1S/C18H23Cl3O4/c1-2-3-4-5-6-10-24-17(22)8-7-9-18(23)25-16-12-14(20)13(19)11-15(16)21/h11-12H,2-10H2,1H3. The van der Waals surface area contributed by atoms with E-state index in [9.17, 15) is 9.59 Å². The fourth-order valence-electron chi connectivity index (χ4n) is 2.10. The number of halogens is 3. The minimum atomic E-state index is -0.493. The van der Waals surface area contributed by atoms with Crippen molar-refractivity contribution in [3.63, 3.8) is 0 Å². The molecule has 0 aromatic heterocycles. The molecule has 140 valence electrons. The largest absolute Gasteiger partial charge is 0.466 e. The molecule has 1 aromatic rings. The van der Waals surface area contributed by atoms with E-state index in [-0.39, 0.29) is 39.6 Å². The van der Waals surface area contributed by atoms with Crippen LogP contribution in [0.15, 0.2) is 12.1 Å². The van der Waals surface area contributed by atoms with Crippen LogP contribution in [0.25, 0.3) is 0 Å². The molecule has 0 fully saturated rings. The van der Waals surface area contributed by atoms with Crippen LogP contribution in [-0.2, 0) is 14.3 Å². The third-order valence-corrected chi connectivity index (χ3v) is 4.49. The summed E-state index contributed by atoms with van der Waals surface area (Å²) in [5.74, 6) is -0.640. The predicted molar refractivity (Wildman–Crippen MR) is 101 cm³/mol. The van der Waals surface area contributed by atoms with E-state index < -0.39 is 5.97 Å². The first kappa shape index (κ1) is 22.1. The van der Waals surface area contributed by atoms with Gasteiger partial charge in [0.1, 0.15) is 0 Å². The van der Waals surface area contributed by atoms with Crippen molar-refractivity contribution in [2.45, 2.75) is 58.3 Å². The second-order valence-electron chi connectivity index (χ2n) is 5.66. The number of rotatable bonds is 11. The van der Waals surface area contributed by atoms with E-state index in [0.717, 1.165) is 19.3 Å². The Morgan fingerprint density at radius 1 is 0.840 bits per heavy atom. The summed E-state index contributed by atoms with van der Waals surface area (Å²) in [4.78, 5) is 23.4. The topological polar surface area (TPSA) is 52.6 Å². The molecule has 0 aliphatic heterocycles. The first-order valence-electron chi connectivity index (χ1n) is 8.45. The minimum absolute atomic E-state index is 0.0855. The van der Waals surface area contributed by atoms with Gasteiger partial charge in [0.2, 0.25) is 0 Å². The number of carbonyl (C=O) groups excluding carboxylic acids is 2. The second kappa shape index (κ2) is 12.4. The summed E-state index contributed by atoms with van der Waals surface area (Å²) in [6.45, 7) is 2.59. The highest BCUT2D eigenvalue weighted by atomic mass is 35.5. The molecule has 1 aromatic carbocycles. The Labute approximate surface area is 163 Å². The molecule has 0 aliphatic rings. The van der Waals surface area contributed by atoms with Crippen LogP contribution in [0, 0.1) is 0 Å². The number of ether oxygens (including phenoxy) is 2. The molecule has 0 bridgehead atoms. The average Bonchev–Trinajstić information content (AvgIpc) is 2.56. The van der Waals surface area contributed by atoms with E-state index in [1.807, 2.05) is 0 Å². The van der Waals surface area contributed by atoms with Crippen molar-refractivity contribution < 1.29 is 19.1 Å². The van der Waals surface area contributed by atoms with Crippen molar-refractivity contribution >= 4 is 46.7 Å². The SMILES string of the molecule is CCCCCCCOC(=O)CCCC(=O)Oc1cc(Cl)c(Cl)cc1Cl. The Morgan fingerprint density at radius 3 is 2.20 bits per heavy atom. The van der Waals surface area contributed by atoms with E-state index in [1.165, 1.54) is 25.0 Å². The lowest BCUT2D eigenvalue weighted by Gasteiger charge is -2.08. The average molecular weight is 410 g/mol. The van der Waals surface area contributed by atoms with Crippen LogP contribution < -0.4 is 4.74 Å². The molecule has 0 spiro atoms. The number of hydrogen-bond acceptors (Lipinski definition) is 4. The van der Waals surface area contributed by atoms with Crippen LogP contribution in [0.2, 0.25) is 15.1 Å². The zero-order valence-corrected chi connectivity index (χ0v) is 16.6. The number of hydrogen-bond donors (Lipinski definition) is 0. The Kier molecular flexibility index (Phi) is 10.9. The van der Waals surface area contributed by atoms with Crippen molar-refractivity contribution in [1.82, 2.24) is 0 Å². The molecule has 0 amide bonds. The van der Waals surface area contributed by atoms with Gasteiger partial charge in [-0.05, 0) is 18.9 Å². The molecular formula is C18H23Cl3O4. The lowest BCUT2D eigenvalue weighted by Crippen LogP contribution is -2.11. The Bertz CT molecular complexity index is 576. The fourth-order valence-corrected chi connectivity index (χ4v) is 2.67. The lowest BCUT2D eigenvalue weighted by molar-refractivity contribution is -0.144. The van der Waals surface area contributed by atoms with Crippen molar-refractivity contribution in [3.8, 4) is 5.75 Å². The summed E-state index contributed by atoms with van der Waals surface area (Å²) in [6, 6.07) is 2.79. The van der Waals surface area contributed by atoms with Crippen LogP contribution in [0.3, 0.4) is 0 Å². The number of benzene rings is 1. The maximum Gasteiger partial charge on any atom is 0.311 e. The summed E-state index contributed by atoms with van der Waals surface area (Å²) in [6.07, 6.45) is 6.12. The number of esters is 2. The van der Waals surface area contributed by atoms with Crippen LogP contribution in [0.4, 0.5) is 0 Å². The molecule has 0 radical (unpaired) electrons. The van der Waals surface area contributed by atoms with E-state index in [4.69, 9.17) is 44.3 Å². The third kappa shape index (κ3) is 9.34. The molecule has 0 unspecified atom stereocenters. The molecule has 0 aliphatic carbocycles. The zero-order chi connectivity index (χ0) is 18.7. The van der Waals surface area contributed by atoms with Gasteiger partial charge in [-0.15, -0.1) is 0 Å². The van der Waals surface area contributed by atoms with Gasteiger partial charge in [-0.25, -0.2) is 0 Å². The molecule has 1 rings (SSSR count). The van der Waals surface area contributed by atoms with Crippen molar-refractivity contribution in [2.24, 2.45) is 0 Å². The van der Waals surface area contributed by atoms with Crippen LogP contribution in [0.5, 0.6) is 5.75 Å². The van der Waals surface area contributed by atoms with Gasteiger partial charge in [-0.3, -0.25) is 9.59 Å². The van der Waals surface area contributed by atoms with Crippen LogP contribution in [-0.4, -0.2) is 18.5 Å². The molecule has 7 heteroatoms.